The van der Waals surface area contributed by atoms with E-state index in [1.54, 1.807) is 17.0 Å². The van der Waals surface area contributed by atoms with Crippen molar-refractivity contribution in [3.63, 3.8) is 0 Å². The van der Waals surface area contributed by atoms with E-state index in [-0.39, 0.29) is 16.5 Å². The van der Waals surface area contributed by atoms with Crippen molar-refractivity contribution in [3.8, 4) is 0 Å². The molecule has 1 aliphatic heterocycles. The van der Waals surface area contributed by atoms with Crippen LogP contribution < -0.4 is 10.9 Å². The monoisotopic (exact) mass is 292 g/mol. The molecule has 0 saturated carbocycles. The number of hydrogen-bond donors (Lipinski definition) is 1. The number of nitrogens with one attached hydrogen (secondary N) is 1. The van der Waals surface area contributed by atoms with Crippen molar-refractivity contribution in [2.24, 2.45) is 5.41 Å². The Bertz CT molecular complexity index is 536. The van der Waals surface area contributed by atoms with Crippen LogP contribution in [0.3, 0.4) is 0 Å². The second-order valence-corrected chi connectivity index (χ2v) is 7.59. The van der Waals surface area contributed by atoms with E-state index < -0.39 is 0 Å². The fourth-order valence-electron chi connectivity index (χ4n) is 2.69. The Hall–Kier alpha value is -1.36. The maximum absolute atomic E-state index is 12.5. The summed E-state index contributed by atoms with van der Waals surface area (Å²) in [5.74, 6) is 0.465. The van der Waals surface area contributed by atoms with Crippen LogP contribution in [-0.2, 0) is 5.54 Å². The first-order valence-electron chi connectivity index (χ1n) is 7.72. The molecular weight excluding hydrogens is 264 g/mol. The fraction of sp³-hybridized carbons (Fsp3) is 0.750. The second-order valence-electron chi connectivity index (χ2n) is 7.59. The summed E-state index contributed by atoms with van der Waals surface area (Å²) in [7, 11) is 2.16. The van der Waals surface area contributed by atoms with Gasteiger partial charge in [0.2, 0.25) is 0 Å². The lowest BCUT2D eigenvalue weighted by Crippen LogP contribution is -2.41. The van der Waals surface area contributed by atoms with Gasteiger partial charge in [-0.05, 0) is 59.2 Å². The lowest BCUT2D eigenvalue weighted by molar-refractivity contribution is 0.150. The molecule has 0 spiro atoms. The van der Waals surface area contributed by atoms with Crippen LogP contribution in [0.1, 0.15) is 40.5 Å². The van der Waals surface area contributed by atoms with Gasteiger partial charge in [0, 0.05) is 24.5 Å². The highest BCUT2D eigenvalue weighted by atomic mass is 16.1. The molecule has 0 aromatic carbocycles. The largest absolute Gasteiger partial charge is 0.365 e. The molecule has 1 saturated heterocycles. The van der Waals surface area contributed by atoms with E-state index in [0.717, 1.165) is 32.5 Å². The molecule has 2 heterocycles. The average molecular weight is 292 g/mol. The minimum absolute atomic E-state index is 0.0403. The highest BCUT2D eigenvalue weighted by Gasteiger charge is 2.29. The van der Waals surface area contributed by atoms with Crippen LogP contribution in [0.2, 0.25) is 0 Å². The Labute approximate surface area is 127 Å². The van der Waals surface area contributed by atoms with Crippen LogP contribution in [-0.4, -0.2) is 41.1 Å². The molecule has 0 aliphatic carbocycles. The first-order valence-corrected chi connectivity index (χ1v) is 7.72. The molecule has 2 rings (SSSR count). The summed E-state index contributed by atoms with van der Waals surface area (Å²) >= 11 is 0. The zero-order chi connectivity index (χ0) is 15.7. The Balaban J connectivity index is 2.09. The van der Waals surface area contributed by atoms with Gasteiger partial charge >= 0.3 is 0 Å². The molecule has 1 aromatic heterocycles. The smallest absolute Gasteiger partial charge is 0.293 e. The molecular formula is C16H28N4O. The standard InChI is InChI=1S/C16H28N4O/c1-15(2,3)20-11-8-17-13(14(20)21)18-12-16(4)6-9-19(5)10-7-16/h8,11H,6-7,9-10,12H2,1-5H3,(H,17,18). The number of likely N-dealkylation sites (tertiary alicyclic amines) is 1. The van der Waals surface area contributed by atoms with Crippen LogP contribution in [0.4, 0.5) is 5.82 Å². The number of nitrogens with zero attached hydrogens (tertiary/aromatic N) is 3. The minimum Gasteiger partial charge on any atom is -0.365 e. The Morgan fingerprint density at radius 2 is 1.95 bits per heavy atom. The van der Waals surface area contributed by atoms with Gasteiger partial charge in [0.25, 0.3) is 5.56 Å². The predicted molar refractivity (Wildman–Crippen MR) is 86.8 cm³/mol. The average Bonchev–Trinajstić information content (AvgIpc) is 2.40. The van der Waals surface area contributed by atoms with E-state index in [1.807, 2.05) is 20.8 Å². The summed E-state index contributed by atoms with van der Waals surface area (Å²) in [4.78, 5) is 19.1. The summed E-state index contributed by atoms with van der Waals surface area (Å²) in [5.41, 5.74) is -0.0294. The van der Waals surface area contributed by atoms with Crippen molar-refractivity contribution >= 4 is 5.82 Å². The van der Waals surface area contributed by atoms with E-state index in [1.165, 1.54) is 0 Å². The van der Waals surface area contributed by atoms with E-state index in [9.17, 15) is 4.79 Å². The molecule has 1 fully saturated rings. The van der Waals surface area contributed by atoms with Crippen molar-refractivity contribution < 1.29 is 0 Å². The molecule has 0 radical (unpaired) electrons. The molecule has 0 unspecified atom stereocenters. The number of piperidine rings is 1. The minimum atomic E-state index is -0.228. The van der Waals surface area contributed by atoms with Crippen LogP contribution in [0.5, 0.6) is 0 Å². The lowest BCUT2D eigenvalue weighted by Gasteiger charge is -2.38. The summed E-state index contributed by atoms with van der Waals surface area (Å²) in [6.45, 7) is 11.4. The van der Waals surface area contributed by atoms with Crippen molar-refractivity contribution in [3.05, 3.63) is 22.7 Å². The van der Waals surface area contributed by atoms with Crippen molar-refractivity contribution in [2.45, 2.75) is 46.1 Å². The normalized spacial score (nSPS) is 19.5. The van der Waals surface area contributed by atoms with E-state index in [2.05, 4.69) is 29.2 Å². The number of aromatic nitrogens is 2. The molecule has 118 valence electrons. The first-order chi connectivity index (χ1) is 9.71. The highest BCUT2D eigenvalue weighted by Crippen LogP contribution is 2.30. The summed E-state index contributed by atoms with van der Waals surface area (Å²) in [5, 5.41) is 3.29. The lowest BCUT2D eigenvalue weighted by atomic mass is 9.80. The van der Waals surface area contributed by atoms with Gasteiger partial charge in [0.1, 0.15) is 0 Å². The summed E-state index contributed by atoms with van der Waals surface area (Å²) < 4.78 is 1.74. The Morgan fingerprint density at radius 1 is 1.33 bits per heavy atom. The number of anilines is 1. The molecule has 0 atom stereocenters. The van der Waals surface area contributed by atoms with Gasteiger partial charge in [-0.15, -0.1) is 0 Å². The van der Waals surface area contributed by atoms with Gasteiger partial charge in [-0.25, -0.2) is 4.98 Å². The van der Waals surface area contributed by atoms with Crippen LogP contribution in [0.15, 0.2) is 17.2 Å². The third kappa shape index (κ3) is 3.84. The number of hydrogen-bond acceptors (Lipinski definition) is 4. The second kappa shape index (κ2) is 5.79. The van der Waals surface area contributed by atoms with Crippen LogP contribution in [0, 0.1) is 5.41 Å². The Morgan fingerprint density at radius 3 is 2.52 bits per heavy atom. The van der Waals surface area contributed by atoms with Gasteiger partial charge in [-0.3, -0.25) is 4.79 Å². The van der Waals surface area contributed by atoms with E-state index in [4.69, 9.17) is 0 Å². The molecule has 21 heavy (non-hydrogen) atoms. The molecule has 0 bridgehead atoms. The summed E-state index contributed by atoms with van der Waals surface area (Å²) in [6, 6.07) is 0. The first kappa shape index (κ1) is 16.0. The summed E-state index contributed by atoms with van der Waals surface area (Å²) in [6.07, 6.45) is 5.75. The van der Waals surface area contributed by atoms with Crippen LogP contribution in [0.25, 0.3) is 0 Å². The third-order valence-electron chi connectivity index (χ3n) is 4.44. The quantitative estimate of drug-likeness (QED) is 0.927. The molecule has 5 nitrogen and oxygen atoms in total. The van der Waals surface area contributed by atoms with Gasteiger partial charge in [0.05, 0.1) is 0 Å². The number of rotatable bonds is 3. The molecule has 1 N–H and O–H groups in total. The topological polar surface area (TPSA) is 50.2 Å². The third-order valence-corrected chi connectivity index (χ3v) is 4.44. The SMILES string of the molecule is CN1CCC(C)(CNc2nccn(C(C)(C)C)c2=O)CC1. The van der Waals surface area contributed by atoms with Gasteiger partial charge in [-0.1, -0.05) is 6.92 Å². The molecule has 1 aromatic rings. The molecule has 5 heteroatoms. The molecule has 1 aliphatic rings. The zero-order valence-electron chi connectivity index (χ0n) is 13.9. The van der Waals surface area contributed by atoms with Gasteiger partial charge < -0.3 is 14.8 Å². The van der Waals surface area contributed by atoms with Crippen molar-refractivity contribution in [1.29, 1.82) is 0 Å². The van der Waals surface area contributed by atoms with Gasteiger partial charge in [-0.2, -0.15) is 0 Å². The zero-order valence-corrected chi connectivity index (χ0v) is 13.9. The van der Waals surface area contributed by atoms with E-state index >= 15 is 0 Å². The van der Waals surface area contributed by atoms with Crippen molar-refractivity contribution in [2.75, 3.05) is 32.0 Å². The van der Waals surface area contributed by atoms with Crippen LogP contribution >= 0.6 is 0 Å². The maximum atomic E-state index is 12.5. The molecule has 0 amide bonds. The predicted octanol–water partition coefficient (Wildman–Crippen LogP) is 2.14. The Kier molecular flexibility index (Phi) is 4.42. The van der Waals surface area contributed by atoms with Crippen molar-refractivity contribution in [1.82, 2.24) is 14.5 Å². The maximum Gasteiger partial charge on any atom is 0.293 e. The van der Waals surface area contributed by atoms with Gasteiger partial charge in [0.15, 0.2) is 5.82 Å². The fourth-order valence-corrected chi connectivity index (χ4v) is 2.69. The van der Waals surface area contributed by atoms with E-state index in [0.29, 0.717) is 5.82 Å². The highest BCUT2D eigenvalue weighted by molar-refractivity contribution is 5.31.